The van der Waals surface area contributed by atoms with Gasteiger partial charge in [-0.3, -0.25) is 0 Å². The van der Waals surface area contributed by atoms with Gasteiger partial charge in [-0.15, -0.1) is 0 Å². The summed E-state index contributed by atoms with van der Waals surface area (Å²) in [7, 11) is 0. The van der Waals surface area contributed by atoms with E-state index in [0.717, 1.165) is 30.2 Å². The first-order valence-corrected chi connectivity index (χ1v) is 4.94. The molecule has 0 aliphatic rings. The summed E-state index contributed by atoms with van der Waals surface area (Å²) in [5, 5.41) is 8.00. The summed E-state index contributed by atoms with van der Waals surface area (Å²) in [6.45, 7) is 0.720. The Bertz CT molecular complexity index is 451. The largest absolute Gasteiger partial charge is 0.353 e. The zero-order valence-electron chi connectivity index (χ0n) is 8.27. The third-order valence-corrected chi connectivity index (χ3v) is 2.17. The SMILES string of the molecule is O=CCCCNc1onc2ccccc12. The average Bonchev–Trinajstić information content (AvgIpc) is 2.68. The Hall–Kier alpha value is -1.84. The highest BCUT2D eigenvalue weighted by Gasteiger charge is 2.05. The molecule has 0 radical (unpaired) electrons. The van der Waals surface area contributed by atoms with Crippen LogP contribution in [0.4, 0.5) is 5.88 Å². The van der Waals surface area contributed by atoms with Gasteiger partial charge < -0.3 is 14.6 Å². The maximum atomic E-state index is 10.1. The molecule has 4 nitrogen and oxygen atoms in total. The minimum atomic E-state index is 0.569. The van der Waals surface area contributed by atoms with Gasteiger partial charge in [0.25, 0.3) is 0 Å². The molecule has 0 saturated carbocycles. The van der Waals surface area contributed by atoms with E-state index < -0.39 is 0 Å². The molecule has 0 aliphatic heterocycles. The molecule has 15 heavy (non-hydrogen) atoms. The van der Waals surface area contributed by atoms with Crippen LogP contribution in [0.1, 0.15) is 12.8 Å². The van der Waals surface area contributed by atoms with Gasteiger partial charge in [-0.1, -0.05) is 17.3 Å². The summed E-state index contributed by atoms with van der Waals surface area (Å²) in [5.41, 5.74) is 0.843. The maximum Gasteiger partial charge on any atom is 0.232 e. The van der Waals surface area contributed by atoms with Crippen molar-refractivity contribution in [3.05, 3.63) is 24.3 Å². The Kier molecular flexibility index (Phi) is 2.97. The van der Waals surface area contributed by atoms with Crippen LogP contribution < -0.4 is 5.32 Å². The van der Waals surface area contributed by atoms with Crippen LogP contribution >= 0.6 is 0 Å². The quantitative estimate of drug-likeness (QED) is 0.599. The lowest BCUT2D eigenvalue weighted by Gasteiger charge is -1.99. The third kappa shape index (κ3) is 2.15. The Labute approximate surface area is 87.2 Å². The number of hydrogen-bond acceptors (Lipinski definition) is 4. The molecule has 0 spiro atoms. The van der Waals surface area contributed by atoms with Crippen molar-refractivity contribution in [3.8, 4) is 0 Å². The fourth-order valence-electron chi connectivity index (χ4n) is 1.40. The molecule has 4 heteroatoms. The molecule has 1 aromatic carbocycles. The fourth-order valence-corrected chi connectivity index (χ4v) is 1.40. The Morgan fingerprint density at radius 3 is 3.13 bits per heavy atom. The van der Waals surface area contributed by atoms with E-state index in [0.29, 0.717) is 12.3 Å². The number of anilines is 1. The highest BCUT2D eigenvalue weighted by atomic mass is 16.5. The van der Waals surface area contributed by atoms with Crippen molar-refractivity contribution in [1.29, 1.82) is 0 Å². The van der Waals surface area contributed by atoms with Crippen LogP contribution in [0, 0.1) is 0 Å². The number of nitrogens with one attached hydrogen (secondary N) is 1. The van der Waals surface area contributed by atoms with E-state index in [1.54, 1.807) is 0 Å². The maximum absolute atomic E-state index is 10.1. The number of carbonyl (C=O) groups excluding carboxylic acids is 1. The molecule has 1 heterocycles. The number of nitrogens with zero attached hydrogens (tertiary/aromatic N) is 1. The minimum Gasteiger partial charge on any atom is -0.353 e. The van der Waals surface area contributed by atoms with Gasteiger partial charge in [0.05, 0.1) is 5.39 Å². The molecule has 2 rings (SSSR count). The Morgan fingerprint density at radius 2 is 2.27 bits per heavy atom. The van der Waals surface area contributed by atoms with E-state index in [4.69, 9.17) is 4.52 Å². The smallest absolute Gasteiger partial charge is 0.232 e. The van der Waals surface area contributed by atoms with Crippen molar-refractivity contribution in [2.75, 3.05) is 11.9 Å². The standard InChI is InChI=1S/C11H12N2O2/c14-8-4-3-7-12-11-9-5-1-2-6-10(9)13-15-11/h1-2,5-6,8,12H,3-4,7H2. The number of rotatable bonds is 5. The average molecular weight is 204 g/mol. The molecule has 0 amide bonds. The normalized spacial score (nSPS) is 10.4. The second-order valence-corrected chi connectivity index (χ2v) is 3.26. The molecule has 0 bridgehead atoms. The highest BCUT2D eigenvalue weighted by Crippen LogP contribution is 2.22. The van der Waals surface area contributed by atoms with Gasteiger partial charge >= 0.3 is 0 Å². The first kappa shape index (κ1) is 9.71. The van der Waals surface area contributed by atoms with Crippen LogP contribution in [0.5, 0.6) is 0 Å². The zero-order valence-corrected chi connectivity index (χ0v) is 8.27. The van der Waals surface area contributed by atoms with Gasteiger partial charge in [-0.2, -0.15) is 0 Å². The van der Waals surface area contributed by atoms with Crippen molar-refractivity contribution in [2.45, 2.75) is 12.8 Å². The molecule has 1 N–H and O–H groups in total. The third-order valence-electron chi connectivity index (χ3n) is 2.17. The molecule has 0 unspecified atom stereocenters. The second-order valence-electron chi connectivity index (χ2n) is 3.26. The lowest BCUT2D eigenvalue weighted by Crippen LogP contribution is -2.00. The number of hydrogen-bond donors (Lipinski definition) is 1. The zero-order chi connectivity index (χ0) is 10.5. The summed E-state index contributed by atoms with van der Waals surface area (Å²) in [6.07, 6.45) is 2.29. The number of aldehydes is 1. The van der Waals surface area contributed by atoms with Gasteiger partial charge in [-0.25, -0.2) is 0 Å². The molecular formula is C11H12N2O2. The van der Waals surface area contributed by atoms with Gasteiger partial charge in [0, 0.05) is 13.0 Å². The predicted octanol–water partition coefficient (Wildman–Crippen LogP) is 2.22. The van der Waals surface area contributed by atoms with E-state index >= 15 is 0 Å². The molecule has 0 saturated heterocycles. The van der Waals surface area contributed by atoms with Crippen molar-refractivity contribution in [3.63, 3.8) is 0 Å². The summed E-state index contributed by atoms with van der Waals surface area (Å²) < 4.78 is 5.15. The van der Waals surface area contributed by atoms with E-state index in [-0.39, 0.29) is 0 Å². The Balaban J connectivity index is 2.05. The molecule has 1 aromatic heterocycles. The van der Waals surface area contributed by atoms with Crippen molar-refractivity contribution in [2.24, 2.45) is 0 Å². The van der Waals surface area contributed by atoms with Gasteiger partial charge in [0.2, 0.25) is 5.88 Å². The van der Waals surface area contributed by atoms with Crippen LogP contribution in [0.25, 0.3) is 10.9 Å². The van der Waals surface area contributed by atoms with Crippen molar-refractivity contribution >= 4 is 23.1 Å². The number of carbonyl (C=O) groups is 1. The first-order valence-electron chi connectivity index (χ1n) is 4.94. The van der Waals surface area contributed by atoms with E-state index in [9.17, 15) is 4.79 Å². The predicted molar refractivity (Wildman–Crippen MR) is 57.8 cm³/mol. The Morgan fingerprint density at radius 1 is 1.40 bits per heavy atom. The van der Waals surface area contributed by atoms with E-state index in [1.807, 2.05) is 24.3 Å². The topological polar surface area (TPSA) is 55.1 Å². The first-order chi connectivity index (χ1) is 7.42. The molecule has 0 fully saturated rings. The monoisotopic (exact) mass is 204 g/mol. The van der Waals surface area contributed by atoms with Crippen LogP contribution in [-0.4, -0.2) is 18.0 Å². The second kappa shape index (κ2) is 4.59. The van der Waals surface area contributed by atoms with Gasteiger partial charge in [0.1, 0.15) is 11.8 Å². The molecule has 2 aromatic rings. The minimum absolute atomic E-state index is 0.569. The lowest BCUT2D eigenvalue weighted by atomic mass is 10.2. The van der Waals surface area contributed by atoms with Gasteiger partial charge in [-0.05, 0) is 18.6 Å². The van der Waals surface area contributed by atoms with Crippen LogP contribution in [0.15, 0.2) is 28.8 Å². The van der Waals surface area contributed by atoms with Crippen molar-refractivity contribution < 1.29 is 9.32 Å². The summed E-state index contributed by atoms with van der Waals surface area (Å²) >= 11 is 0. The fraction of sp³-hybridized carbons (Fsp3) is 0.273. The highest BCUT2D eigenvalue weighted by molar-refractivity contribution is 5.88. The van der Waals surface area contributed by atoms with Crippen molar-refractivity contribution in [1.82, 2.24) is 5.16 Å². The van der Waals surface area contributed by atoms with Crippen LogP contribution in [0.2, 0.25) is 0 Å². The lowest BCUT2D eigenvalue weighted by molar-refractivity contribution is -0.107. The molecule has 0 aliphatic carbocycles. The molecular weight excluding hydrogens is 192 g/mol. The number of unbranched alkanes of at least 4 members (excludes halogenated alkanes) is 1. The number of fused-ring (bicyclic) bond motifs is 1. The summed E-state index contributed by atoms with van der Waals surface area (Å²) in [6, 6.07) is 7.71. The van der Waals surface area contributed by atoms with Gasteiger partial charge in [0.15, 0.2) is 0 Å². The summed E-state index contributed by atoms with van der Waals surface area (Å²) in [4.78, 5) is 10.1. The van der Waals surface area contributed by atoms with E-state index in [2.05, 4.69) is 10.5 Å². The summed E-state index contributed by atoms with van der Waals surface area (Å²) in [5.74, 6) is 0.677. The van der Waals surface area contributed by atoms with Crippen LogP contribution in [0.3, 0.4) is 0 Å². The number of aromatic nitrogens is 1. The van der Waals surface area contributed by atoms with Crippen LogP contribution in [-0.2, 0) is 4.79 Å². The molecule has 78 valence electrons. The molecule has 0 atom stereocenters. The van der Waals surface area contributed by atoms with E-state index in [1.165, 1.54) is 0 Å². The number of benzene rings is 1.